The van der Waals surface area contributed by atoms with Crippen molar-refractivity contribution >= 4 is 125 Å². The smallest absolute Gasteiger partial charge is 0.0822 e. The zero-order valence-electron chi connectivity index (χ0n) is 33.2. The van der Waals surface area contributed by atoms with Crippen molar-refractivity contribution in [3.05, 3.63) is 91.7 Å². The molecule has 288 valence electrons. The number of hydrogen-bond acceptors (Lipinski definition) is 4. The third-order valence-electron chi connectivity index (χ3n) is 12.0. The van der Waals surface area contributed by atoms with E-state index in [0.29, 0.717) is 0 Å². The molecule has 0 saturated heterocycles. The van der Waals surface area contributed by atoms with Crippen LogP contribution in [0.25, 0.3) is 0 Å². The lowest BCUT2D eigenvalue weighted by Crippen LogP contribution is -2.45. The topological polar surface area (TPSA) is 51.6 Å². The Morgan fingerprint density at radius 2 is 0.566 bits per heavy atom. The van der Waals surface area contributed by atoms with Gasteiger partial charge in [0.1, 0.15) is 0 Å². The zero-order valence-corrected chi connectivity index (χ0v) is 44.6. The minimum atomic E-state index is -1.66. The third kappa shape index (κ3) is 12.8. The maximum absolute atomic E-state index is 4.39. The van der Waals surface area contributed by atoms with Crippen molar-refractivity contribution in [3.8, 4) is 0 Å². The van der Waals surface area contributed by atoms with Crippen molar-refractivity contribution in [2.75, 3.05) is 0 Å². The molecule has 0 aliphatic heterocycles. The second kappa shape index (κ2) is 19.8. The maximum Gasteiger partial charge on any atom is 0.0822 e. The first-order valence-electron chi connectivity index (χ1n) is 19.3. The molecule has 0 radical (unpaired) electrons. The minimum Gasteiger partial charge on any atom is -0.264 e. The quantitative estimate of drug-likeness (QED) is 0.0828. The molecule has 0 saturated carbocycles. The Bertz CT molecular complexity index is 1530. The van der Waals surface area contributed by atoms with Gasteiger partial charge in [-0.3, -0.25) is 19.9 Å². The molecule has 4 nitrogen and oxygen atoms in total. The van der Waals surface area contributed by atoms with Crippen LogP contribution in [0.5, 0.6) is 0 Å². The molecule has 4 heterocycles. The number of hydrogen-bond donors (Lipinski definition) is 0. The fraction of sp³-hybridized carbons (Fsp3) is 0.500. The van der Waals surface area contributed by atoms with Crippen LogP contribution < -0.4 is 20.7 Å². The summed E-state index contributed by atoms with van der Waals surface area (Å²) in [4.78, 5) is 17.6. The highest BCUT2D eigenvalue weighted by Gasteiger charge is 2.37. The Kier molecular flexibility index (Phi) is 17.0. The first kappa shape index (κ1) is 45.3. The van der Waals surface area contributed by atoms with E-state index in [0.717, 1.165) is 0 Å². The van der Waals surface area contributed by atoms with Gasteiger partial charge in [-0.25, -0.2) is 0 Å². The molecule has 0 bridgehead atoms. The first-order valence-corrected chi connectivity index (χ1v) is 38.1. The molecule has 0 aromatic carbocycles. The SMILES string of the molecule is C[Si](C)(CCC[Si](CCC[Si](C)(C)c1ccncc1Br)(CCC[Si](C)(C)c1ccncc1Br)CCC[Si](C)(C)c1ccncc1Br)c1ccncc1Br. The van der Waals surface area contributed by atoms with E-state index in [2.05, 4.69) is 160 Å². The monoisotopic (exact) mass is 1050 g/mol. The molecule has 0 N–H and O–H groups in total. The van der Waals surface area contributed by atoms with Crippen LogP contribution >= 0.6 is 63.7 Å². The highest BCUT2D eigenvalue weighted by molar-refractivity contribution is 9.11. The molecule has 4 aromatic heterocycles. The molecule has 0 unspecified atom stereocenters. The molecule has 0 aliphatic carbocycles. The van der Waals surface area contributed by atoms with Crippen LogP contribution in [0, 0.1) is 0 Å². The minimum absolute atomic E-state index is 1.19. The van der Waals surface area contributed by atoms with Gasteiger partial charge in [0.25, 0.3) is 0 Å². The van der Waals surface area contributed by atoms with Crippen LogP contribution in [0.2, 0.25) is 101 Å². The molecule has 4 rings (SSSR count). The Hall–Kier alpha value is -0.396. The van der Waals surface area contributed by atoms with Crippen LogP contribution in [0.4, 0.5) is 0 Å². The molecule has 0 aliphatic rings. The van der Waals surface area contributed by atoms with Gasteiger partial charge in [0.05, 0.1) is 40.4 Å². The molecule has 53 heavy (non-hydrogen) atoms. The Labute approximate surface area is 359 Å². The summed E-state index contributed by atoms with van der Waals surface area (Å²) in [7, 11) is -8.20. The van der Waals surface area contributed by atoms with Crippen molar-refractivity contribution in [3.63, 3.8) is 0 Å². The average molecular weight is 1060 g/mol. The van der Waals surface area contributed by atoms with Gasteiger partial charge in [0, 0.05) is 67.5 Å². The molecule has 0 spiro atoms. The van der Waals surface area contributed by atoms with Gasteiger partial charge in [0.15, 0.2) is 0 Å². The Morgan fingerprint density at radius 3 is 0.755 bits per heavy atom. The van der Waals surface area contributed by atoms with Crippen LogP contribution in [0.1, 0.15) is 25.7 Å². The Morgan fingerprint density at radius 1 is 0.358 bits per heavy atom. The first-order chi connectivity index (χ1) is 24.9. The lowest BCUT2D eigenvalue weighted by molar-refractivity contribution is 0.865. The molecule has 0 atom stereocenters. The number of halogens is 4. The van der Waals surface area contributed by atoms with Crippen LogP contribution in [-0.2, 0) is 0 Å². The van der Waals surface area contributed by atoms with E-state index in [1.54, 1.807) is 0 Å². The summed E-state index contributed by atoms with van der Waals surface area (Å²) in [5.74, 6) is 0. The predicted octanol–water partition coefficient (Wildman–Crippen LogP) is 12.1. The van der Waals surface area contributed by atoms with Gasteiger partial charge in [-0.15, -0.1) is 0 Å². The summed E-state index contributed by atoms with van der Waals surface area (Å²) < 4.78 is 4.77. The maximum atomic E-state index is 4.39. The summed E-state index contributed by atoms with van der Waals surface area (Å²) in [6.45, 7) is 20.5. The molecule has 4 aromatic rings. The lowest BCUT2D eigenvalue weighted by atomic mass is 10.5. The largest absolute Gasteiger partial charge is 0.264 e. The molecule has 13 heteroatoms. The highest BCUT2D eigenvalue weighted by atomic mass is 79.9. The van der Waals surface area contributed by atoms with Crippen molar-refractivity contribution < 1.29 is 0 Å². The molecule has 0 fully saturated rings. The van der Waals surface area contributed by atoms with Crippen molar-refractivity contribution in [2.45, 2.75) is 126 Å². The summed E-state index contributed by atoms with van der Waals surface area (Å²) in [5, 5.41) is 6.06. The standard InChI is InChI=1S/C40H60Br4N4Si5/c1-49(2,37-13-17-45-29-33(37)41)21-9-25-53(26-10-22-50(3,4)38-14-18-46-30-34(38)42,27-11-23-51(5,6)39-15-19-47-31-35(39)43)28-12-24-52(7,8)40-16-20-48-32-36(40)44/h13-20,29-32H,9-12,21-28H2,1-8H3. The molecule has 0 amide bonds. The predicted molar refractivity (Wildman–Crippen MR) is 259 cm³/mol. The van der Waals surface area contributed by atoms with Gasteiger partial charge in [-0.2, -0.15) is 0 Å². The number of pyridine rings is 4. The van der Waals surface area contributed by atoms with E-state index >= 15 is 0 Å². The van der Waals surface area contributed by atoms with E-state index in [1.807, 2.05) is 49.6 Å². The van der Waals surface area contributed by atoms with Gasteiger partial charge < -0.3 is 0 Å². The highest BCUT2D eigenvalue weighted by Crippen LogP contribution is 2.38. The summed E-state index contributed by atoms with van der Waals surface area (Å²) in [5.41, 5.74) is 0. The second-order valence-electron chi connectivity index (χ2n) is 17.9. The average Bonchev–Trinajstić information content (AvgIpc) is 3.08. The number of nitrogens with zero attached hydrogens (tertiary/aromatic N) is 4. The van der Waals surface area contributed by atoms with Gasteiger partial charge in [-0.1, -0.05) is 126 Å². The fourth-order valence-corrected chi connectivity index (χ4v) is 32.9. The number of rotatable bonds is 20. The Balaban J connectivity index is 1.62. The second-order valence-corrected chi connectivity index (χ2v) is 45.5. The van der Waals surface area contributed by atoms with E-state index < -0.39 is 40.4 Å². The van der Waals surface area contributed by atoms with Crippen LogP contribution in [0.15, 0.2) is 91.7 Å². The van der Waals surface area contributed by atoms with Crippen molar-refractivity contribution in [2.24, 2.45) is 0 Å². The summed E-state index contributed by atoms with van der Waals surface area (Å²) in [6.07, 6.45) is 21.3. The zero-order chi connectivity index (χ0) is 38.9. The van der Waals surface area contributed by atoms with Crippen LogP contribution in [-0.4, -0.2) is 60.3 Å². The van der Waals surface area contributed by atoms with Crippen molar-refractivity contribution in [1.82, 2.24) is 19.9 Å². The third-order valence-corrected chi connectivity index (χ3v) is 35.7. The van der Waals surface area contributed by atoms with Crippen molar-refractivity contribution in [1.29, 1.82) is 0 Å². The van der Waals surface area contributed by atoms with Crippen LogP contribution in [0.3, 0.4) is 0 Å². The lowest BCUT2D eigenvalue weighted by Gasteiger charge is -2.37. The van der Waals surface area contributed by atoms with Gasteiger partial charge in [-0.05, 0) is 109 Å². The summed E-state index contributed by atoms with van der Waals surface area (Å²) >= 11 is 15.5. The molecular formula is C40H60Br4N4Si5. The van der Waals surface area contributed by atoms with E-state index in [9.17, 15) is 0 Å². The van der Waals surface area contributed by atoms with E-state index in [4.69, 9.17) is 0 Å². The summed E-state index contributed by atoms with van der Waals surface area (Å²) in [6, 6.07) is 20.3. The normalized spacial score (nSPS) is 13.1. The van der Waals surface area contributed by atoms with Gasteiger partial charge >= 0.3 is 0 Å². The number of aromatic nitrogens is 4. The van der Waals surface area contributed by atoms with E-state index in [-0.39, 0.29) is 0 Å². The molecular weight excluding hydrogens is 997 g/mol. The fourth-order valence-electron chi connectivity index (χ4n) is 8.61. The van der Waals surface area contributed by atoms with Gasteiger partial charge in [0.2, 0.25) is 0 Å². The van der Waals surface area contributed by atoms with E-state index in [1.165, 1.54) is 113 Å².